The standard InChI is InChI=1S/C18H30N4O/c1-19-18(20-11-14-22-12-7-3-4-8-13-22)21-15-16-9-5-6-10-17(16)23-2/h5-6,9-10H,3-4,7-8,11-15H2,1-2H3,(H2,19,20,21). The van der Waals surface area contributed by atoms with E-state index in [2.05, 4.69) is 26.6 Å². The van der Waals surface area contributed by atoms with Crippen LogP contribution in [0.3, 0.4) is 0 Å². The van der Waals surface area contributed by atoms with Gasteiger partial charge >= 0.3 is 0 Å². The molecule has 5 nitrogen and oxygen atoms in total. The quantitative estimate of drug-likeness (QED) is 0.624. The van der Waals surface area contributed by atoms with E-state index >= 15 is 0 Å². The molecule has 1 fully saturated rings. The van der Waals surface area contributed by atoms with Gasteiger partial charge in [0.05, 0.1) is 7.11 Å². The molecule has 0 aromatic heterocycles. The van der Waals surface area contributed by atoms with Crippen LogP contribution in [0.2, 0.25) is 0 Å². The first kappa shape index (κ1) is 17.6. The second-order valence-electron chi connectivity index (χ2n) is 5.92. The third kappa shape index (κ3) is 6.10. The van der Waals surface area contributed by atoms with E-state index in [1.165, 1.54) is 38.8 Å². The smallest absolute Gasteiger partial charge is 0.191 e. The molecule has 23 heavy (non-hydrogen) atoms. The van der Waals surface area contributed by atoms with E-state index in [4.69, 9.17) is 4.74 Å². The van der Waals surface area contributed by atoms with Gasteiger partial charge in [0.2, 0.25) is 0 Å². The van der Waals surface area contributed by atoms with Crippen molar-refractivity contribution in [2.45, 2.75) is 32.2 Å². The molecule has 0 spiro atoms. The molecule has 0 radical (unpaired) electrons. The van der Waals surface area contributed by atoms with Gasteiger partial charge in [-0.15, -0.1) is 0 Å². The summed E-state index contributed by atoms with van der Waals surface area (Å²) in [4.78, 5) is 6.84. The lowest BCUT2D eigenvalue weighted by atomic mass is 10.2. The predicted molar refractivity (Wildman–Crippen MR) is 96.1 cm³/mol. The highest BCUT2D eigenvalue weighted by atomic mass is 16.5. The van der Waals surface area contributed by atoms with Crippen LogP contribution in [-0.4, -0.2) is 51.2 Å². The molecular formula is C18H30N4O. The second kappa shape index (κ2) is 10.1. The van der Waals surface area contributed by atoms with Crippen molar-refractivity contribution in [2.75, 3.05) is 40.3 Å². The Kier molecular flexibility index (Phi) is 7.73. The number of benzene rings is 1. The van der Waals surface area contributed by atoms with Gasteiger partial charge in [0.1, 0.15) is 5.75 Å². The number of likely N-dealkylation sites (tertiary alicyclic amines) is 1. The number of hydrogen-bond donors (Lipinski definition) is 2. The molecule has 1 saturated heterocycles. The van der Waals surface area contributed by atoms with Crippen LogP contribution in [0, 0.1) is 0 Å². The van der Waals surface area contributed by atoms with Crippen LogP contribution in [0.5, 0.6) is 5.75 Å². The Morgan fingerprint density at radius 2 is 1.87 bits per heavy atom. The molecule has 2 rings (SSSR count). The minimum atomic E-state index is 0.702. The Morgan fingerprint density at radius 1 is 1.13 bits per heavy atom. The van der Waals surface area contributed by atoms with Gasteiger partial charge in [0, 0.05) is 32.2 Å². The molecule has 1 aromatic rings. The van der Waals surface area contributed by atoms with Gasteiger partial charge in [-0.3, -0.25) is 4.99 Å². The highest BCUT2D eigenvalue weighted by Gasteiger charge is 2.08. The molecule has 0 bridgehead atoms. The van der Waals surface area contributed by atoms with Crippen molar-refractivity contribution in [3.8, 4) is 5.75 Å². The summed E-state index contributed by atoms with van der Waals surface area (Å²) in [6.07, 6.45) is 5.43. The predicted octanol–water partition coefficient (Wildman–Crippen LogP) is 2.24. The van der Waals surface area contributed by atoms with Crippen LogP contribution in [0.15, 0.2) is 29.3 Å². The summed E-state index contributed by atoms with van der Waals surface area (Å²) in [5.41, 5.74) is 1.13. The largest absolute Gasteiger partial charge is 0.496 e. The first-order valence-corrected chi connectivity index (χ1v) is 8.62. The van der Waals surface area contributed by atoms with E-state index < -0.39 is 0 Å². The zero-order valence-electron chi connectivity index (χ0n) is 14.5. The van der Waals surface area contributed by atoms with Crippen LogP contribution >= 0.6 is 0 Å². The molecule has 0 aliphatic carbocycles. The summed E-state index contributed by atoms with van der Waals surface area (Å²) in [5.74, 6) is 1.74. The Morgan fingerprint density at radius 3 is 2.57 bits per heavy atom. The van der Waals surface area contributed by atoms with E-state index in [0.717, 1.165) is 30.4 Å². The number of para-hydroxylation sites is 1. The summed E-state index contributed by atoms with van der Waals surface area (Å²) in [6.45, 7) is 5.16. The van der Waals surface area contributed by atoms with Gasteiger partial charge in [0.15, 0.2) is 5.96 Å². The summed E-state index contributed by atoms with van der Waals surface area (Å²) < 4.78 is 5.38. The molecule has 0 saturated carbocycles. The number of rotatable bonds is 6. The maximum absolute atomic E-state index is 5.38. The summed E-state index contributed by atoms with van der Waals surface area (Å²) in [5, 5.41) is 6.75. The molecule has 128 valence electrons. The first-order valence-electron chi connectivity index (χ1n) is 8.62. The van der Waals surface area contributed by atoms with E-state index in [1.54, 1.807) is 7.11 Å². The van der Waals surface area contributed by atoms with Crippen LogP contribution < -0.4 is 15.4 Å². The first-order chi connectivity index (χ1) is 11.3. The summed E-state index contributed by atoms with van der Waals surface area (Å²) in [6, 6.07) is 8.05. The lowest BCUT2D eigenvalue weighted by Crippen LogP contribution is -2.41. The molecule has 1 aromatic carbocycles. The molecular weight excluding hydrogens is 288 g/mol. The van der Waals surface area contributed by atoms with Crippen molar-refractivity contribution in [3.63, 3.8) is 0 Å². The third-order valence-electron chi connectivity index (χ3n) is 4.28. The highest BCUT2D eigenvalue weighted by molar-refractivity contribution is 5.79. The maximum Gasteiger partial charge on any atom is 0.191 e. The molecule has 2 N–H and O–H groups in total. The Bertz CT molecular complexity index is 482. The number of guanidine groups is 1. The minimum Gasteiger partial charge on any atom is -0.496 e. The number of nitrogens with zero attached hydrogens (tertiary/aromatic N) is 2. The highest BCUT2D eigenvalue weighted by Crippen LogP contribution is 2.16. The fraction of sp³-hybridized carbons (Fsp3) is 0.611. The molecule has 0 atom stereocenters. The van der Waals surface area contributed by atoms with Gasteiger partial charge in [-0.05, 0) is 32.0 Å². The number of nitrogens with one attached hydrogen (secondary N) is 2. The molecule has 1 aliphatic heterocycles. The van der Waals surface area contributed by atoms with Gasteiger partial charge < -0.3 is 20.3 Å². The fourth-order valence-electron chi connectivity index (χ4n) is 2.94. The SMILES string of the molecule is CN=C(NCCN1CCCCCC1)NCc1ccccc1OC. The van der Waals surface area contributed by atoms with E-state index in [-0.39, 0.29) is 0 Å². The lowest BCUT2D eigenvalue weighted by molar-refractivity contribution is 0.289. The number of ether oxygens (including phenoxy) is 1. The zero-order chi connectivity index (χ0) is 16.3. The number of aliphatic imine (C=N–C) groups is 1. The Hall–Kier alpha value is -1.75. The van der Waals surface area contributed by atoms with Gasteiger partial charge in [-0.2, -0.15) is 0 Å². The Labute approximate surface area is 140 Å². The second-order valence-corrected chi connectivity index (χ2v) is 5.92. The molecule has 1 aliphatic rings. The van der Waals surface area contributed by atoms with E-state index in [0.29, 0.717) is 6.54 Å². The molecule has 0 unspecified atom stereocenters. The summed E-state index contributed by atoms with van der Waals surface area (Å²) in [7, 11) is 3.51. The van der Waals surface area contributed by atoms with E-state index in [1.807, 2.05) is 25.2 Å². The average Bonchev–Trinajstić information content (AvgIpc) is 2.87. The van der Waals surface area contributed by atoms with Crippen LogP contribution in [0.4, 0.5) is 0 Å². The van der Waals surface area contributed by atoms with Gasteiger partial charge in [-0.1, -0.05) is 31.0 Å². The maximum atomic E-state index is 5.38. The normalized spacial score (nSPS) is 16.7. The molecule has 1 heterocycles. The van der Waals surface area contributed by atoms with Gasteiger partial charge in [0.25, 0.3) is 0 Å². The average molecular weight is 318 g/mol. The van der Waals surface area contributed by atoms with E-state index in [9.17, 15) is 0 Å². The topological polar surface area (TPSA) is 48.9 Å². The van der Waals surface area contributed by atoms with Crippen molar-refractivity contribution < 1.29 is 4.74 Å². The van der Waals surface area contributed by atoms with Crippen LogP contribution in [0.1, 0.15) is 31.2 Å². The summed E-state index contributed by atoms with van der Waals surface area (Å²) >= 11 is 0. The Balaban J connectivity index is 1.72. The van der Waals surface area contributed by atoms with Crippen molar-refractivity contribution in [3.05, 3.63) is 29.8 Å². The van der Waals surface area contributed by atoms with Crippen molar-refractivity contribution in [1.29, 1.82) is 0 Å². The van der Waals surface area contributed by atoms with Crippen LogP contribution in [0.25, 0.3) is 0 Å². The monoisotopic (exact) mass is 318 g/mol. The van der Waals surface area contributed by atoms with Crippen molar-refractivity contribution >= 4 is 5.96 Å². The third-order valence-corrected chi connectivity index (χ3v) is 4.28. The van der Waals surface area contributed by atoms with Crippen molar-refractivity contribution in [2.24, 2.45) is 4.99 Å². The lowest BCUT2D eigenvalue weighted by Gasteiger charge is -2.20. The molecule has 0 amide bonds. The van der Waals surface area contributed by atoms with Gasteiger partial charge in [-0.25, -0.2) is 0 Å². The minimum absolute atomic E-state index is 0.702. The van der Waals surface area contributed by atoms with Crippen molar-refractivity contribution in [1.82, 2.24) is 15.5 Å². The number of hydrogen-bond acceptors (Lipinski definition) is 3. The van der Waals surface area contributed by atoms with Crippen LogP contribution in [-0.2, 0) is 6.54 Å². The number of methoxy groups -OCH3 is 1. The molecule has 5 heteroatoms. The fourth-order valence-corrected chi connectivity index (χ4v) is 2.94. The zero-order valence-corrected chi connectivity index (χ0v) is 14.5.